The van der Waals surface area contributed by atoms with E-state index < -0.39 is 0 Å². The molecule has 3 N–H and O–H groups in total. The van der Waals surface area contributed by atoms with Gasteiger partial charge in [0.15, 0.2) is 0 Å². The van der Waals surface area contributed by atoms with Gasteiger partial charge < -0.3 is 15.8 Å². The Morgan fingerprint density at radius 1 is 1.39 bits per heavy atom. The van der Waals surface area contributed by atoms with Crippen LogP contribution >= 0.6 is 15.9 Å². The number of nitrogens with one attached hydrogen (secondary N) is 1. The highest BCUT2D eigenvalue weighted by molar-refractivity contribution is 9.10. The van der Waals surface area contributed by atoms with E-state index in [0.29, 0.717) is 6.54 Å². The number of aromatic nitrogens is 1. The Morgan fingerprint density at radius 2 is 2.22 bits per heavy atom. The fourth-order valence-electron chi connectivity index (χ4n) is 1.65. The number of hydrogen-bond donors (Lipinski definition) is 2. The number of methoxy groups -OCH3 is 1. The molecule has 0 saturated heterocycles. The fourth-order valence-corrected chi connectivity index (χ4v) is 2.04. The van der Waals surface area contributed by atoms with Crippen LogP contribution in [0.25, 0.3) is 0 Å². The number of halogens is 1. The van der Waals surface area contributed by atoms with Crippen molar-refractivity contribution in [2.75, 3.05) is 18.2 Å². The Hall–Kier alpha value is -1.75. The first-order chi connectivity index (χ1) is 8.70. The van der Waals surface area contributed by atoms with E-state index in [2.05, 4.69) is 26.2 Å². The SMILES string of the molecule is COc1ccc(N)cc1CNc1ccncc1Br. The van der Waals surface area contributed by atoms with Gasteiger partial charge in [-0.25, -0.2) is 0 Å². The lowest BCUT2D eigenvalue weighted by Crippen LogP contribution is -2.03. The standard InChI is InChI=1S/C13H14BrN3O/c1-18-13-3-2-10(15)6-9(13)7-17-12-4-5-16-8-11(12)14/h2-6,8H,7,15H2,1H3,(H,16,17). The van der Waals surface area contributed by atoms with Crippen molar-refractivity contribution in [2.45, 2.75) is 6.54 Å². The van der Waals surface area contributed by atoms with Gasteiger partial charge in [-0.05, 0) is 40.2 Å². The molecule has 0 saturated carbocycles. The number of pyridine rings is 1. The topological polar surface area (TPSA) is 60.2 Å². The quantitative estimate of drug-likeness (QED) is 0.852. The summed E-state index contributed by atoms with van der Waals surface area (Å²) in [6.07, 6.45) is 3.49. The van der Waals surface area contributed by atoms with E-state index in [0.717, 1.165) is 27.2 Å². The molecule has 0 amide bonds. The van der Waals surface area contributed by atoms with Gasteiger partial charge in [0, 0.05) is 30.2 Å². The van der Waals surface area contributed by atoms with Crippen LogP contribution in [0, 0.1) is 0 Å². The van der Waals surface area contributed by atoms with Crippen molar-refractivity contribution >= 4 is 27.3 Å². The second-order valence-electron chi connectivity index (χ2n) is 3.78. The summed E-state index contributed by atoms with van der Waals surface area (Å²) in [6.45, 7) is 0.636. The third-order valence-electron chi connectivity index (χ3n) is 2.55. The summed E-state index contributed by atoms with van der Waals surface area (Å²) in [5, 5.41) is 3.31. The number of benzene rings is 1. The maximum absolute atomic E-state index is 5.78. The average Bonchev–Trinajstić information content (AvgIpc) is 2.38. The highest BCUT2D eigenvalue weighted by Gasteiger charge is 2.04. The van der Waals surface area contributed by atoms with Gasteiger partial charge in [-0.15, -0.1) is 0 Å². The summed E-state index contributed by atoms with van der Waals surface area (Å²) in [7, 11) is 1.65. The van der Waals surface area contributed by atoms with E-state index in [1.165, 1.54) is 0 Å². The van der Waals surface area contributed by atoms with Gasteiger partial charge in [-0.2, -0.15) is 0 Å². The Balaban J connectivity index is 2.15. The molecule has 1 aromatic carbocycles. The third-order valence-corrected chi connectivity index (χ3v) is 3.18. The van der Waals surface area contributed by atoms with Gasteiger partial charge in [0.25, 0.3) is 0 Å². The van der Waals surface area contributed by atoms with E-state index in [1.807, 2.05) is 24.3 Å². The summed E-state index contributed by atoms with van der Waals surface area (Å²) in [5.41, 5.74) is 8.50. The number of nitrogen functional groups attached to an aromatic ring is 1. The molecule has 0 aliphatic rings. The smallest absolute Gasteiger partial charge is 0.123 e. The summed E-state index contributed by atoms with van der Waals surface area (Å²) in [5.74, 6) is 0.821. The van der Waals surface area contributed by atoms with Crippen molar-refractivity contribution < 1.29 is 4.74 Å². The molecule has 0 unspecified atom stereocenters. The zero-order chi connectivity index (χ0) is 13.0. The van der Waals surface area contributed by atoms with Gasteiger partial charge in [-0.1, -0.05) is 0 Å². The Bertz CT molecular complexity index is 546. The molecular formula is C13H14BrN3O. The number of ether oxygens (including phenoxy) is 1. The summed E-state index contributed by atoms with van der Waals surface area (Å²) >= 11 is 3.44. The van der Waals surface area contributed by atoms with Gasteiger partial charge in [0.1, 0.15) is 5.75 Å². The molecular weight excluding hydrogens is 294 g/mol. The molecule has 5 heteroatoms. The van der Waals surface area contributed by atoms with Crippen LogP contribution in [0.15, 0.2) is 41.1 Å². The van der Waals surface area contributed by atoms with Crippen LogP contribution in [0.1, 0.15) is 5.56 Å². The molecule has 0 aliphatic carbocycles. The van der Waals surface area contributed by atoms with E-state index in [-0.39, 0.29) is 0 Å². The third kappa shape index (κ3) is 2.92. The normalized spacial score (nSPS) is 10.1. The first kappa shape index (κ1) is 12.7. The molecule has 0 fully saturated rings. The highest BCUT2D eigenvalue weighted by Crippen LogP contribution is 2.24. The number of nitrogens with two attached hydrogens (primary N) is 1. The van der Waals surface area contributed by atoms with Crippen LogP contribution in [0.3, 0.4) is 0 Å². The zero-order valence-corrected chi connectivity index (χ0v) is 11.6. The van der Waals surface area contributed by atoms with Crippen molar-refractivity contribution in [3.8, 4) is 5.75 Å². The van der Waals surface area contributed by atoms with Gasteiger partial charge >= 0.3 is 0 Å². The summed E-state index contributed by atoms with van der Waals surface area (Å²) in [6, 6.07) is 7.50. The maximum atomic E-state index is 5.78. The lowest BCUT2D eigenvalue weighted by molar-refractivity contribution is 0.410. The van der Waals surface area contributed by atoms with Crippen LogP contribution in [0.5, 0.6) is 5.75 Å². The highest BCUT2D eigenvalue weighted by atomic mass is 79.9. The lowest BCUT2D eigenvalue weighted by atomic mass is 10.1. The second-order valence-corrected chi connectivity index (χ2v) is 4.63. The molecule has 18 heavy (non-hydrogen) atoms. The number of rotatable bonds is 4. The Labute approximate surface area is 114 Å². The molecule has 2 rings (SSSR count). The minimum absolute atomic E-state index is 0.636. The zero-order valence-electron chi connectivity index (χ0n) is 9.98. The largest absolute Gasteiger partial charge is 0.496 e. The van der Waals surface area contributed by atoms with Gasteiger partial charge in [-0.3, -0.25) is 4.98 Å². The molecule has 0 aliphatic heterocycles. The van der Waals surface area contributed by atoms with Gasteiger partial charge in [0.05, 0.1) is 17.3 Å². The predicted molar refractivity (Wildman–Crippen MR) is 76.7 cm³/mol. The summed E-state index contributed by atoms with van der Waals surface area (Å²) in [4.78, 5) is 4.02. The fraction of sp³-hybridized carbons (Fsp3) is 0.154. The van der Waals surface area contributed by atoms with E-state index in [4.69, 9.17) is 10.5 Å². The average molecular weight is 308 g/mol. The van der Waals surface area contributed by atoms with Crippen LogP contribution in [-0.2, 0) is 6.54 Å². The first-order valence-electron chi connectivity index (χ1n) is 5.46. The monoisotopic (exact) mass is 307 g/mol. The van der Waals surface area contributed by atoms with Crippen LogP contribution in [0.4, 0.5) is 11.4 Å². The Kier molecular flexibility index (Phi) is 4.04. The molecule has 94 valence electrons. The molecule has 0 atom stereocenters. The molecule has 1 aromatic heterocycles. The molecule has 4 nitrogen and oxygen atoms in total. The number of anilines is 2. The van der Waals surface area contributed by atoms with E-state index in [9.17, 15) is 0 Å². The molecule has 0 bridgehead atoms. The summed E-state index contributed by atoms with van der Waals surface area (Å²) < 4.78 is 6.22. The maximum Gasteiger partial charge on any atom is 0.123 e. The molecule has 0 spiro atoms. The molecule has 2 aromatic rings. The van der Waals surface area contributed by atoms with Crippen molar-refractivity contribution in [3.05, 3.63) is 46.7 Å². The van der Waals surface area contributed by atoms with E-state index in [1.54, 1.807) is 19.5 Å². The van der Waals surface area contributed by atoms with Crippen molar-refractivity contribution in [1.82, 2.24) is 4.98 Å². The minimum atomic E-state index is 0.636. The Morgan fingerprint density at radius 3 is 2.94 bits per heavy atom. The van der Waals surface area contributed by atoms with E-state index >= 15 is 0 Å². The molecule has 0 radical (unpaired) electrons. The lowest BCUT2D eigenvalue weighted by Gasteiger charge is -2.12. The number of hydrogen-bond acceptors (Lipinski definition) is 4. The second kappa shape index (κ2) is 5.73. The number of nitrogens with zero attached hydrogens (tertiary/aromatic N) is 1. The van der Waals surface area contributed by atoms with Crippen LogP contribution in [0.2, 0.25) is 0 Å². The van der Waals surface area contributed by atoms with Crippen molar-refractivity contribution in [1.29, 1.82) is 0 Å². The first-order valence-corrected chi connectivity index (χ1v) is 6.26. The molecule has 1 heterocycles. The van der Waals surface area contributed by atoms with Crippen molar-refractivity contribution in [2.24, 2.45) is 0 Å². The predicted octanol–water partition coefficient (Wildman–Crippen LogP) is 3.05. The van der Waals surface area contributed by atoms with Crippen LogP contribution in [-0.4, -0.2) is 12.1 Å². The van der Waals surface area contributed by atoms with Crippen LogP contribution < -0.4 is 15.8 Å². The minimum Gasteiger partial charge on any atom is -0.496 e. The van der Waals surface area contributed by atoms with Gasteiger partial charge in [0.2, 0.25) is 0 Å². The van der Waals surface area contributed by atoms with Crippen molar-refractivity contribution in [3.63, 3.8) is 0 Å².